The molecule has 0 aliphatic rings. The molecule has 0 fully saturated rings. The van der Waals surface area contributed by atoms with Gasteiger partial charge >= 0.3 is 5.97 Å². The first-order valence-corrected chi connectivity index (χ1v) is 7.38. The molecule has 1 aromatic carbocycles. The summed E-state index contributed by atoms with van der Waals surface area (Å²) < 4.78 is 6.14. The number of hydrogen-bond donors (Lipinski definition) is 0. The van der Waals surface area contributed by atoms with Crippen LogP contribution >= 0.6 is 22.9 Å². The van der Waals surface area contributed by atoms with Gasteiger partial charge in [0.1, 0.15) is 4.88 Å². The largest absolute Gasteiger partial charge is 0.465 e. The zero-order chi connectivity index (χ0) is 15.4. The van der Waals surface area contributed by atoms with Crippen LogP contribution in [-0.2, 0) is 11.3 Å². The Kier molecular flexibility index (Phi) is 4.93. The highest BCUT2D eigenvalue weighted by Crippen LogP contribution is 2.15. The average Bonchev–Trinajstić information content (AvgIpc) is 2.48. The van der Waals surface area contributed by atoms with Gasteiger partial charge < -0.3 is 4.74 Å². The lowest BCUT2D eigenvalue weighted by Gasteiger charge is -2.04. The number of methoxy groups -OCH3 is 1. The lowest BCUT2D eigenvalue weighted by atomic mass is 10.3. The second-order valence-corrected chi connectivity index (χ2v) is 5.50. The maximum Gasteiger partial charge on any atom is 0.348 e. The van der Waals surface area contributed by atoms with Gasteiger partial charge in [0.05, 0.1) is 12.8 Å². The third kappa shape index (κ3) is 3.59. The van der Waals surface area contributed by atoms with E-state index in [9.17, 15) is 9.59 Å². The molecular weight excluding hydrogens is 312 g/mol. The Morgan fingerprint density at radius 1 is 1.38 bits per heavy atom. The Bertz CT molecular complexity index is 778. The van der Waals surface area contributed by atoms with Gasteiger partial charge in [-0.15, -0.1) is 0 Å². The maximum absolute atomic E-state index is 12.0. The molecular formula is C14H13ClN2O3S. The van der Waals surface area contributed by atoms with Crippen molar-refractivity contribution in [1.29, 1.82) is 0 Å². The van der Waals surface area contributed by atoms with E-state index in [1.165, 1.54) is 17.7 Å². The number of hydrogen-bond acceptors (Lipinski definition) is 5. The Morgan fingerprint density at radius 3 is 2.62 bits per heavy atom. The van der Waals surface area contributed by atoms with Crippen LogP contribution in [-0.4, -0.2) is 17.6 Å². The van der Waals surface area contributed by atoms with E-state index < -0.39 is 5.97 Å². The van der Waals surface area contributed by atoms with Crippen LogP contribution in [0.5, 0.6) is 0 Å². The molecule has 110 valence electrons. The quantitative estimate of drug-likeness (QED) is 0.815. The van der Waals surface area contributed by atoms with Gasteiger partial charge in [0.25, 0.3) is 5.56 Å². The van der Waals surface area contributed by atoms with Gasteiger partial charge in [-0.1, -0.05) is 22.9 Å². The van der Waals surface area contributed by atoms with Crippen LogP contribution in [0.3, 0.4) is 0 Å². The molecule has 0 aliphatic carbocycles. The monoisotopic (exact) mass is 324 g/mol. The minimum absolute atomic E-state index is 0.222. The van der Waals surface area contributed by atoms with Gasteiger partial charge in [0, 0.05) is 17.6 Å². The molecule has 0 spiro atoms. The van der Waals surface area contributed by atoms with Crippen molar-refractivity contribution in [1.82, 2.24) is 4.57 Å². The Labute approximate surface area is 130 Å². The highest BCUT2D eigenvalue weighted by atomic mass is 35.5. The number of rotatable bonds is 3. The number of halogens is 1. The van der Waals surface area contributed by atoms with Crippen molar-refractivity contribution in [3.8, 4) is 0 Å². The summed E-state index contributed by atoms with van der Waals surface area (Å²) in [6.45, 7) is 2.30. The van der Waals surface area contributed by atoms with E-state index in [1.54, 1.807) is 24.3 Å². The lowest BCUT2D eigenvalue weighted by molar-refractivity contribution is 0.0606. The van der Waals surface area contributed by atoms with Crippen LogP contribution in [0.2, 0.25) is 5.02 Å². The third-order valence-electron chi connectivity index (χ3n) is 2.71. The van der Waals surface area contributed by atoms with Crippen molar-refractivity contribution < 1.29 is 9.53 Å². The Hall–Kier alpha value is -1.92. The number of nitrogens with zero attached hydrogens (tertiary/aromatic N) is 2. The third-order valence-corrected chi connectivity index (χ3v) is 3.96. The zero-order valence-electron chi connectivity index (χ0n) is 11.5. The molecule has 0 amide bonds. The number of esters is 1. The lowest BCUT2D eigenvalue weighted by Crippen LogP contribution is -2.31. The fraction of sp³-hybridized carbons (Fsp3) is 0.214. The molecule has 0 unspecified atom stereocenters. The second kappa shape index (κ2) is 6.69. The summed E-state index contributed by atoms with van der Waals surface area (Å²) in [5.41, 5.74) is 0.364. The summed E-state index contributed by atoms with van der Waals surface area (Å²) in [7, 11) is 1.27. The van der Waals surface area contributed by atoms with Crippen molar-refractivity contribution in [2.45, 2.75) is 13.5 Å². The van der Waals surface area contributed by atoms with Gasteiger partial charge in [-0.3, -0.25) is 9.36 Å². The fourth-order valence-electron chi connectivity index (χ4n) is 1.67. The minimum atomic E-state index is -0.548. The van der Waals surface area contributed by atoms with Gasteiger partial charge in [0.2, 0.25) is 0 Å². The van der Waals surface area contributed by atoms with Gasteiger partial charge in [-0.25, -0.2) is 9.79 Å². The van der Waals surface area contributed by atoms with Crippen molar-refractivity contribution in [2.24, 2.45) is 4.99 Å². The summed E-state index contributed by atoms with van der Waals surface area (Å²) in [4.78, 5) is 28.7. The number of aromatic nitrogens is 1. The van der Waals surface area contributed by atoms with E-state index in [2.05, 4.69) is 9.73 Å². The zero-order valence-corrected chi connectivity index (χ0v) is 13.1. The first kappa shape index (κ1) is 15.5. The highest BCUT2D eigenvalue weighted by Gasteiger charge is 2.10. The van der Waals surface area contributed by atoms with E-state index in [1.807, 2.05) is 6.92 Å². The van der Waals surface area contributed by atoms with Gasteiger partial charge in [-0.2, -0.15) is 0 Å². The predicted octanol–water partition coefficient (Wildman–Crippen LogP) is 2.60. The Morgan fingerprint density at radius 2 is 2.05 bits per heavy atom. The average molecular weight is 325 g/mol. The van der Waals surface area contributed by atoms with E-state index in [0.29, 0.717) is 22.1 Å². The molecule has 7 heteroatoms. The molecule has 0 saturated carbocycles. The van der Waals surface area contributed by atoms with Crippen LogP contribution < -0.4 is 10.4 Å². The number of benzene rings is 1. The molecule has 5 nitrogen and oxygen atoms in total. The fourth-order valence-corrected chi connectivity index (χ4v) is 2.80. The SMILES string of the molecule is CCn1c(=O)cc(C(=O)OC)sc1=Nc1ccc(Cl)cc1. The second-order valence-electron chi connectivity index (χ2n) is 4.06. The van der Waals surface area contributed by atoms with E-state index in [4.69, 9.17) is 11.6 Å². The summed E-state index contributed by atoms with van der Waals surface area (Å²) in [5.74, 6) is -0.548. The number of ether oxygens (including phenoxy) is 1. The molecule has 2 aromatic rings. The minimum Gasteiger partial charge on any atom is -0.465 e. The normalized spacial score (nSPS) is 11.5. The van der Waals surface area contributed by atoms with Crippen molar-refractivity contribution in [2.75, 3.05) is 7.11 Å². The van der Waals surface area contributed by atoms with Crippen LogP contribution in [0.25, 0.3) is 0 Å². The molecule has 0 saturated heterocycles. The molecule has 0 aliphatic heterocycles. The van der Waals surface area contributed by atoms with Gasteiger partial charge in [0.15, 0.2) is 4.80 Å². The summed E-state index contributed by atoms with van der Waals surface area (Å²) >= 11 is 6.94. The standard InChI is InChI=1S/C14H13ClN2O3S/c1-3-17-12(18)8-11(13(19)20-2)21-14(17)16-10-6-4-9(15)5-7-10/h4-8H,3H2,1-2H3. The van der Waals surface area contributed by atoms with Gasteiger partial charge in [-0.05, 0) is 31.2 Å². The van der Waals surface area contributed by atoms with Crippen molar-refractivity contribution >= 4 is 34.6 Å². The molecule has 2 rings (SSSR count). The predicted molar refractivity (Wildman–Crippen MR) is 82.3 cm³/mol. The molecule has 21 heavy (non-hydrogen) atoms. The smallest absolute Gasteiger partial charge is 0.348 e. The molecule has 0 atom stereocenters. The van der Waals surface area contributed by atoms with E-state index in [0.717, 1.165) is 11.3 Å². The van der Waals surface area contributed by atoms with E-state index in [-0.39, 0.29) is 10.4 Å². The van der Waals surface area contributed by atoms with Crippen LogP contribution in [0.1, 0.15) is 16.6 Å². The molecule has 1 heterocycles. The number of carbonyl (C=O) groups is 1. The van der Waals surface area contributed by atoms with Crippen LogP contribution in [0.15, 0.2) is 40.1 Å². The Balaban J connectivity index is 2.65. The first-order valence-electron chi connectivity index (χ1n) is 6.18. The summed E-state index contributed by atoms with van der Waals surface area (Å²) in [5, 5.41) is 0.605. The number of carbonyl (C=O) groups excluding carboxylic acids is 1. The van der Waals surface area contributed by atoms with Crippen molar-refractivity contribution in [3.63, 3.8) is 0 Å². The topological polar surface area (TPSA) is 60.7 Å². The van der Waals surface area contributed by atoms with Crippen molar-refractivity contribution in [3.05, 3.63) is 55.4 Å². The molecule has 1 aromatic heterocycles. The first-order chi connectivity index (χ1) is 10.0. The summed E-state index contributed by atoms with van der Waals surface area (Å²) in [6.07, 6.45) is 0. The highest BCUT2D eigenvalue weighted by molar-refractivity contribution is 7.11. The maximum atomic E-state index is 12.0. The molecule has 0 N–H and O–H groups in total. The summed E-state index contributed by atoms with van der Waals surface area (Å²) in [6, 6.07) is 8.17. The van der Waals surface area contributed by atoms with Crippen LogP contribution in [0.4, 0.5) is 5.69 Å². The van der Waals surface area contributed by atoms with Crippen LogP contribution in [0, 0.1) is 0 Å². The van der Waals surface area contributed by atoms with E-state index >= 15 is 0 Å². The molecule has 0 radical (unpaired) electrons. The molecule has 0 bridgehead atoms.